The van der Waals surface area contributed by atoms with Crippen molar-refractivity contribution in [3.05, 3.63) is 29.8 Å². The molecule has 15 heavy (non-hydrogen) atoms. The van der Waals surface area contributed by atoms with E-state index in [0.717, 1.165) is 0 Å². The van der Waals surface area contributed by atoms with Gasteiger partial charge in [-0.25, -0.2) is 4.79 Å². The fourth-order valence-corrected chi connectivity index (χ4v) is 1.31. The number of rotatable bonds is 4. The number of carbonyl (C=O) groups is 2. The Morgan fingerprint density at radius 3 is 2.67 bits per heavy atom. The van der Waals surface area contributed by atoms with Crippen molar-refractivity contribution in [2.45, 2.75) is 13.3 Å². The van der Waals surface area contributed by atoms with Crippen LogP contribution in [0.3, 0.4) is 0 Å². The second kappa shape index (κ2) is 5.41. The van der Waals surface area contributed by atoms with Gasteiger partial charge in [0.2, 0.25) is 5.12 Å². The monoisotopic (exact) mass is 226 g/mol. The van der Waals surface area contributed by atoms with Crippen LogP contribution in [0.15, 0.2) is 24.3 Å². The fraction of sp³-hybridized carbons (Fsp3) is 0.200. The summed E-state index contributed by atoms with van der Waals surface area (Å²) in [6.45, 7) is 1.71. The van der Waals surface area contributed by atoms with Crippen LogP contribution in [-0.4, -0.2) is 16.2 Å². The summed E-state index contributed by atoms with van der Waals surface area (Å²) in [7, 11) is 0. The first kappa shape index (κ1) is 11.6. The Kier molecular flexibility index (Phi) is 4.17. The normalized spacial score (nSPS) is 9.67. The molecule has 0 aliphatic rings. The van der Waals surface area contributed by atoms with E-state index in [1.807, 2.05) is 0 Å². The van der Waals surface area contributed by atoms with Crippen molar-refractivity contribution in [2.75, 3.05) is 0 Å². The second-order valence-corrected chi connectivity index (χ2v) is 3.48. The van der Waals surface area contributed by atoms with Gasteiger partial charge in [-0.2, -0.15) is 0 Å². The number of carboxylic acids is 1. The molecule has 0 radical (unpaired) electrons. The lowest BCUT2D eigenvalue weighted by molar-refractivity contribution is -0.111. The highest BCUT2D eigenvalue weighted by Crippen LogP contribution is 2.22. The lowest BCUT2D eigenvalue weighted by Gasteiger charge is -2.04. The van der Waals surface area contributed by atoms with Crippen LogP contribution in [0.2, 0.25) is 0 Å². The third-order valence-electron chi connectivity index (χ3n) is 1.63. The first-order valence-electron chi connectivity index (χ1n) is 4.34. The molecule has 1 aromatic rings. The molecular weight excluding hydrogens is 216 g/mol. The summed E-state index contributed by atoms with van der Waals surface area (Å²) >= 11 is 0.659. The summed E-state index contributed by atoms with van der Waals surface area (Å²) in [6.07, 6.45) is 0.347. The molecule has 0 aliphatic heterocycles. The molecule has 0 unspecified atom stereocenters. The van der Waals surface area contributed by atoms with Crippen molar-refractivity contribution in [3.63, 3.8) is 0 Å². The van der Waals surface area contributed by atoms with Crippen molar-refractivity contribution in [1.29, 1.82) is 0 Å². The molecule has 1 aromatic carbocycles. The Labute approximate surface area is 91.5 Å². The van der Waals surface area contributed by atoms with Crippen molar-refractivity contribution in [3.8, 4) is 5.75 Å². The van der Waals surface area contributed by atoms with E-state index in [9.17, 15) is 9.59 Å². The summed E-state index contributed by atoms with van der Waals surface area (Å²) in [5.74, 6) is -0.882. The number of para-hydroxylation sites is 1. The Bertz CT molecular complexity index is 375. The van der Waals surface area contributed by atoms with Crippen molar-refractivity contribution in [1.82, 2.24) is 0 Å². The zero-order chi connectivity index (χ0) is 11.3. The van der Waals surface area contributed by atoms with Crippen LogP contribution < -0.4 is 4.18 Å². The molecule has 4 nitrogen and oxygen atoms in total. The predicted octanol–water partition coefficient (Wildman–Crippen LogP) is 2.35. The maximum Gasteiger partial charge on any atom is 0.339 e. The summed E-state index contributed by atoms with van der Waals surface area (Å²) in [5.41, 5.74) is 0.0499. The van der Waals surface area contributed by atoms with Gasteiger partial charge < -0.3 is 9.29 Å². The van der Waals surface area contributed by atoms with E-state index in [4.69, 9.17) is 9.29 Å². The number of carboxylic acid groups (broad SMARTS) is 1. The number of aromatic carboxylic acids is 1. The summed E-state index contributed by atoms with van der Waals surface area (Å²) < 4.78 is 5.04. The van der Waals surface area contributed by atoms with E-state index in [-0.39, 0.29) is 16.4 Å². The Morgan fingerprint density at radius 2 is 2.07 bits per heavy atom. The minimum absolute atomic E-state index is 0.0499. The van der Waals surface area contributed by atoms with E-state index in [1.54, 1.807) is 19.1 Å². The van der Waals surface area contributed by atoms with Crippen LogP contribution >= 0.6 is 12.0 Å². The summed E-state index contributed by atoms with van der Waals surface area (Å²) in [6, 6.07) is 6.19. The summed E-state index contributed by atoms with van der Waals surface area (Å²) in [5, 5.41) is 8.67. The smallest absolute Gasteiger partial charge is 0.339 e. The molecule has 0 fully saturated rings. The van der Waals surface area contributed by atoms with Gasteiger partial charge in [-0.05, 0) is 12.1 Å². The van der Waals surface area contributed by atoms with Crippen molar-refractivity contribution >= 4 is 23.1 Å². The maximum absolute atomic E-state index is 11.0. The molecular formula is C10H10O4S. The highest BCUT2D eigenvalue weighted by molar-refractivity contribution is 8.09. The van der Waals surface area contributed by atoms with E-state index >= 15 is 0 Å². The second-order valence-electron chi connectivity index (χ2n) is 2.69. The van der Waals surface area contributed by atoms with Crippen molar-refractivity contribution in [2.24, 2.45) is 0 Å². The quantitative estimate of drug-likeness (QED) is 0.798. The van der Waals surface area contributed by atoms with Crippen LogP contribution in [0.4, 0.5) is 0 Å². The van der Waals surface area contributed by atoms with E-state index in [1.165, 1.54) is 12.1 Å². The van der Waals surface area contributed by atoms with Gasteiger partial charge in [0.15, 0.2) is 5.75 Å². The highest BCUT2D eigenvalue weighted by Gasteiger charge is 2.11. The van der Waals surface area contributed by atoms with Gasteiger partial charge in [0.05, 0.1) is 0 Å². The van der Waals surface area contributed by atoms with Gasteiger partial charge in [0.1, 0.15) is 17.6 Å². The van der Waals surface area contributed by atoms with Gasteiger partial charge in [-0.1, -0.05) is 19.1 Å². The molecule has 5 heteroatoms. The molecule has 0 aromatic heterocycles. The van der Waals surface area contributed by atoms with Crippen LogP contribution in [-0.2, 0) is 4.79 Å². The topological polar surface area (TPSA) is 63.6 Å². The van der Waals surface area contributed by atoms with Crippen molar-refractivity contribution < 1.29 is 18.9 Å². The third kappa shape index (κ3) is 3.28. The Hall–Kier alpha value is -1.49. The number of hydrogen-bond donors (Lipinski definition) is 1. The molecule has 0 amide bonds. The average Bonchev–Trinajstić information content (AvgIpc) is 2.26. The minimum Gasteiger partial charge on any atom is -0.478 e. The average molecular weight is 226 g/mol. The molecule has 0 bridgehead atoms. The van der Waals surface area contributed by atoms with Gasteiger partial charge >= 0.3 is 5.97 Å². The van der Waals surface area contributed by atoms with Gasteiger partial charge in [-0.15, -0.1) is 0 Å². The van der Waals surface area contributed by atoms with Gasteiger partial charge in [0, 0.05) is 6.42 Å². The molecule has 0 atom stereocenters. The molecule has 80 valence electrons. The van der Waals surface area contributed by atoms with E-state index in [2.05, 4.69) is 0 Å². The highest BCUT2D eigenvalue weighted by atomic mass is 32.2. The number of carbonyl (C=O) groups excluding carboxylic acids is 1. The molecule has 0 saturated carbocycles. The van der Waals surface area contributed by atoms with E-state index in [0.29, 0.717) is 18.5 Å². The molecule has 1 N–H and O–H groups in total. The Morgan fingerprint density at radius 1 is 1.40 bits per heavy atom. The van der Waals surface area contributed by atoms with Gasteiger partial charge in [0.25, 0.3) is 0 Å². The third-order valence-corrected chi connectivity index (χ3v) is 2.37. The Balaban J connectivity index is 2.76. The minimum atomic E-state index is -1.07. The molecule has 0 heterocycles. The van der Waals surface area contributed by atoms with Gasteiger partial charge in [-0.3, -0.25) is 4.79 Å². The molecule has 0 spiro atoms. The summed E-state index contributed by atoms with van der Waals surface area (Å²) in [4.78, 5) is 21.7. The van der Waals surface area contributed by atoms with Crippen LogP contribution in [0.5, 0.6) is 5.75 Å². The molecule has 1 rings (SSSR count). The van der Waals surface area contributed by atoms with Crippen LogP contribution in [0, 0.1) is 0 Å². The van der Waals surface area contributed by atoms with E-state index < -0.39 is 5.97 Å². The lowest BCUT2D eigenvalue weighted by Crippen LogP contribution is -2.00. The lowest BCUT2D eigenvalue weighted by atomic mass is 10.2. The number of benzene rings is 1. The SMILES string of the molecule is CCC(=O)SOc1ccccc1C(=O)O. The maximum atomic E-state index is 11.0. The molecule has 0 saturated heterocycles. The fourth-order valence-electron chi connectivity index (χ4n) is 0.866. The largest absolute Gasteiger partial charge is 0.478 e. The number of hydrogen-bond acceptors (Lipinski definition) is 4. The first-order valence-corrected chi connectivity index (χ1v) is 5.09. The standard InChI is InChI=1S/C10H10O4S/c1-2-9(11)15-14-8-6-4-3-5-7(8)10(12)13/h3-6H,2H2,1H3,(H,12,13). The zero-order valence-electron chi connectivity index (χ0n) is 8.10. The first-order chi connectivity index (χ1) is 7.15. The predicted molar refractivity (Wildman–Crippen MR) is 56.9 cm³/mol. The molecule has 0 aliphatic carbocycles. The zero-order valence-corrected chi connectivity index (χ0v) is 8.91. The van der Waals surface area contributed by atoms with Crippen LogP contribution in [0.25, 0.3) is 0 Å². The van der Waals surface area contributed by atoms with Crippen LogP contribution in [0.1, 0.15) is 23.7 Å².